The van der Waals surface area contributed by atoms with Gasteiger partial charge in [-0.15, -0.1) is 0 Å². The Bertz CT molecular complexity index is 257. The highest BCUT2D eigenvalue weighted by molar-refractivity contribution is 5.67. The molecule has 0 bridgehead atoms. The zero-order chi connectivity index (χ0) is 13.6. The minimum atomic E-state index is -0.733. The maximum atomic E-state index is 11.4. The van der Waals surface area contributed by atoms with Gasteiger partial charge in [0.2, 0.25) is 0 Å². The van der Waals surface area contributed by atoms with Crippen LogP contribution in [-0.4, -0.2) is 55.2 Å². The number of ether oxygens (including phenoxy) is 2. The highest BCUT2D eigenvalue weighted by Crippen LogP contribution is 2.07. The smallest absolute Gasteiger partial charge is 0.407 e. The van der Waals surface area contributed by atoms with Gasteiger partial charge >= 0.3 is 6.09 Å². The number of nitrogens with one attached hydrogen (secondary N) is 2. The summed E-state index contributed by atoms with van der Waals surface area (Å²) in [5.41, 5.74) is -0.532. The molecule has 18 heavy (non-hydrogen) atoms. The Morgan fingerprint density at radius 2 is 2.33 bits per heavy atom. The number of carbonyl (C=O) groups is 1. The fourth-order valence-electron chi connectivity index (χ4n) is 1.62. The molecule has 1 rings (SSSR count). The fourth-order valence-corrected chi connectivity index (χ4v) is 1.62. The molecular weight excluding hydrogens is 236 g/mol. The summed E-state index contributed by atoms with van der Waals surface area (Å²) in [6.07, 6.45) is -0.614. The Labute approximate surface area is 108 Å². The number of alkyl carbamates (subject to hydrolysis) is 1. The molecule has 2 atom stereocenters. The predicted octanol–water partition coefficient (Wildman–Crippen LogP) is 0.251. The number of aliphatic hydroxyl groups is 1. The normalized spacial score (nSPS) is 23.0. The van der Waals surface area contributed by atoms with Crippen LogP contribution in [0.15, 0.2) is 0 Å². The molecule has 1 fully saturated rings. The lowest BCUT2D eigenvalue weighted by Gasteiger charge is -2.23. The lowest BCUT2D eigenvalue weighted by molar-refractivity contribution is -0.0277. The number of aliphatic hydroxyl groups excluding tert-OH is 1. The SMILES string of the molecule is CC(C)(C)OC(=O)NCC(O)C1CNCCCO1. The fraction of sp³-hybridized carbons (Fsp3) is 0.917. The predicted molar refractivity (Wildman–Crippen MR) is 67.5 cm³/mol. The average Bonchev–Trinajstić information content (AvgIpc) is 2.52. The Kier molecular flexibility index (Phi) is 5.84. The van der Waals surface area contributed by atoms with Crippen molar-refractivity contribution in [3.63, 3.8) is 0 Å². The molecule has 6 heteroatoms. The third-order valence-electron chi connectivity index (χ3n) is 2.46. The van der Waals surface area contributed by atoms with Crippen molar-refractivity contribution in [1.82, 2.24) is 10.6 Å². The van der Waals surface area contributed by atoms with Crippen molar-refractivity contribution in [2.24, 2.45) is 0 Å². The van der Waals surface area contributed by atoms with Crippen LogP contribution >= 0.6 is 0 Å². The topological polar surface area (TPSA) is 79.8 Å². The van der Waals surface area contributed by atoms with Gasteiger partial charge in [-0.1, -0.05) is 0 Å². The first-order valence-corrected chi connectivity index (χ1v) is 6.36. The molecule has 0 spiro atoms. The van der Waals surface area contributed by atoms with Crippen molar-refractivity contribution < 1.29 is 19.4 Å². The lowest BCUT2D eigenvalue weighted by Crippen LogP contribution is -2.45. The molecule has 0 aromatic heterocycles. The molecule has 1 saturated heterocycles. The number of rotatable bonds is 3. The zero-order valence-corrected chi connectivity index (χ0v) is 11.4. The van der Waals surface area contributed by atoms with Gasteiger partial charge in [-0.2, -0.15) is 0 Å². The average molecular weight is 260 g/mol. The quantitative estimate of drug-likeness (QED) is 0.678. The lowest BCUT2D eigenvalue weighted by atomic mass is 10.2. The molecule has 0 radical (unpaired) electrons. The summed E-state index contributed by atoms with van der Waals surface area (Å²) in [4.78, 5) is 11.4. The molecule has 0 saturated carbocycles. The molecule has 1 amide bonds. The van der Waals surface area contributed by atoms with Crippen molar-refractivity contribution >= 4 is 6.09 Å². The molecule has 1 heterocycles. The van der Waals surface area contributed by atoms with Gasteiger partial charge in [0.25, 0.3) is 0 Å². The van der Waals surface area contributed by atoms with Gasteiger partial charge in [-0.3, -0.25) is 0 Å². The van der Waals surface area contributed by atoms with E-state index in [1.165, 1.54) is 0 Å². The monoisotopic (exact) mass is 260 g/mol. The Balaban J connectivity index is 2.27. The van der Waals surface area contributed by atoms with Crippen molar-refractivity contribution in [3.05, 3.63) is 0 Å². The summed E-state index contributed by atoms with van der Waals surface area (Å²) in [7, 11) is 0. The first-order valence-electron chi connectivity index (χ1n) is 6.36. The molecule has 6 nitrogen and oxygen atoms in total. The van der Waals surface area contributed by atoms with Crippen LogP contribution in [0.25, 0.3) is 0 Å². The zero-order valence-electron chi connectivity index (χ0n) is 11.4. The Morgan fingerprint density at radius 1 is 1.61 bits per heavy atom. The maximum absolute atomic E-state index is 11.4. The molecule has 1 aliphatic heterocycles. The van der Waals surface area contributed by atoms with E-state index in [1.54, 1.807) is 20.8 Å². The van der Waals surface area contributed by atoms with E-state index < -0.39 is 17.8 Å². The third kappa shape index (κ3) is 6.18. The van der Waals surface area contributed by atoms with Crippen LogP contribution in [0.2, 0.25) is 0 Å². The molecule has 2 unspecified atom stereocenters. The first kappa shape index (κ1) is 15.2. The highest BCUT2D eigenvalue weighted by atomic mass is 16.6. The van der Waals surface area contributed by atoms with Crippen LogP contribution < -0.4 is 10.6 Å². The van der Waals surface area contributed by atoms with E-state index in [0.29, 0.717) is 13.2 Å². The summed E-state index contributed by atoms with van der Waals surface area (Å²) < 4.78 is 10.6. The number of amides is 1. The highest BCUT2D eigenvalue weighted by Gasteiger charge is 2.23. The maximum Gasteiger partial charge on any atom is 0.407 e. The summed E-state index contributed by atoms with van der Waals surface area (Å²) in [5, 5.41) is 15.6. The van der Waals surface area contributed by atoms with E-state index in [0.717, 1.165) is 13.0 Å². The van der Waals surface area contributed by atoms with Gasteiger partial charge < -0.3 is 25.2 Å². The van der Waals surface area contributed by atoms with Crippen LogP contribution in [0.5, 0.6) is 0 Å². The van der Waals surface area contributed by atoms with Crippen molar-refractivity contribution in [3.8, 4) is 0 Å². The van der Waals surface area contributed by atoms with Crippen LogP contribution in [0.4, 0.5) is 4.79 Å². The van der Waals surface area contributed by atoms with E-state index in [9.17, 15) is 9.90 Å². The second-order valence-electron chi connectivity index (χ2n) is 5.42. The minimum Gasteiger partial charge on any atom is -0.444 e. The van der Waals surface area contributed by atoms with Crippen LogP contribution in [0.3, 0.4) is 0 Å². The molecule has 3 N–H and O–H groups in total. The van der Waals surface area contributed by atoms with Gasteiger partial charge in [-0.05, 0) is 33.7 Å². The van der Waals surface area contributed by atoms with E-state index in [4.69, 9.17) is 9.47 Å². The Hall–Kier alpha value is -0.850. The van der Waals surface area contributed by atoms with Crippen LogP contribution in [-0.2, 0) is 9.47 Å². The van der Waals surface area contributed by atoms with E-state index >= 15 is 0 Å². The van der Waals surface area contributed by atoms with Gasteiger partial charge in [0.15, 0.2) is 0 Å². The van der Waals surface area contributed by atoms with Crippen molar-refractivity contribution in [1.29, 1.82) is 0 Å². The summed E-state index contributed by atoms with van der Waals surface area (Å²) in [5.74, 6) is 0. The molecule has 0 aliphatic carbocycles. The molecule has 0 aromatic carbocycles. The van der Waals surface area contributed by atoms with Crippen molar-refractivity contribution in [2.75, 3.05) is 26.2 Å². The van der Waals surface area contributed by atoms with Crippen LogP contribution in [0, 0.1) is 0 Å². The number of hydrogen-bond acceptors (Lipinski definition) is 5. The largest absolute Gasteiger partial charge is 0.444 e. The molecule has 106 valence electrons. The molecule has 1 aliphatic rings. The van der Waals surface area contributed by atoms with E-state index in [1.807, 2.05) is 0 Å². The van der Waals surface area contributed by atoms with Gasteiger partial charge in [-0.25, -0.2) is 4.79 Å². The van der Waals surface area contributed by atoms with Gasteiger partial charge in [0, 0.05) is 19.7 Å². The number of carbonyl (C=O) groups excluding carboxylic acids is 1. The van der Waals surface area contributed by atoms with Crippen molar-refractivity contribution in [2.45, 2.75) is 45.0 Å². The van der Waals surface area contributed by atoms with E-state index in [-0.39, 0.29) is 12.6 Å². The summed E-state index contributed by atoms with van der Waals surface area (Å²) in [6, 6.07) is 0. The Morgan fingerprint density at radius 3 is 3.00 bits per heavy atom. The second-order valence-corrected chi connectivity index (χ2v) is 5.42. The standard InChI is InChI=1S/C12H24N2O4/c1-12(2,3)18-11(16)14-7-9(15)10-8-13-5-4-6-17-10/h9-10,13,15H,4-8H2,1-3H3,(H,14,16). The number of hydrogen-bond donors (Lipinski definition) is 3. The third-order valence-corrected chi connectivity index (χ3v) is 2.46. The van der Waals surface area contributed by atoms with Crippen LogP contribution in [0.1, 0.15) is 27.2 Å². The minimum absolute atomic E-state index is 0.126. The summed E-state index contributed by atoms with van der Waals surface area (Å²) in [6.45, 7) is 7.62. The van der Waals surface area contributed by atoms with E-state index in [2.05, 4.69) is 10.6 Å². The second kappa shape index (κ2) is 6.92. The van der Waals surface area contributed by atoms with Gasteiger partial charge in [0.05, 0.1) is 12.2 Å². The van der Waals surface area contributed by atoms with Gasteiger partial charge in [0.1, 0.15) is 5.60 Å². The molecule has 0 aromatic rings. The molecular formula is C12H24N2O4. The summed E-state index contributed by atoms with van der Waals surface area (Å²) >= 11 is 0. The first-order chi connectivity index (χ1) is 8.38.